The number of carboxylic acids is 1. The molecule has 9 aromatic rings. The molecule has 0 bridgehead atoms. The number of hydrazone groups is 1. The van der Waals surface area contributed by atoms with Crippen LogP contribution in [0, 0.1) is 16.2 Å². The number of carboxylic acid groups (broad SMARTS) is 1. The number of ketones is 4. The van der Waals surface area contributed by atoms with Crippen LogP contribution in [0.15, 0.2) is 181 Å². The van der Waals surface area contributed by atoms with Gasteiger partial charge in [0.25, 0.3) is 0 Å². The number of anilines is 2. The van der Waals surface area contributed by atoms with Gasteiger partial charge in [-0.2, -0.15) is 5.10 Å². The maximum Gasteiger partial charge on any atom is 1.00 e. The van der Waals surface area contributed by atoms with E-state index >= 15 is 0 Å². The van der Waals surface area contributed by atoms with Crippen molar-refractivity contribution in [1.82, 2.24) is 15.0 Å². The minimum absolute atomic E-state index is 0. The van der Waals surface area contributed by atoms with E-state index in [0.29, 0.717) is 48.2 Å². The molecule has 596 valence electrons. The monoisotopic (exact) mass is 1930 g/mol. The van der Waals surface area contributed by atoms with Crippen molar-refractivity contribution in [2.75, 3.05) is 11.2 Å². The molecule has 6 aromatic carbocycles. The number of aliphatic hydroxyl groups is 1. The van der Waals surface area contributed by atoms with E-state index in [4.69, 9.17) is 44.0 Å². The number of hydrogen-bond donors (Lipinski definition) is 8. The number of aliphatic hydroxyl groups excluding tert-OH is 1. The van der Waals surface area contributed by atoms with Crippen LogP contribution in [-0.2, 0) is 35.4 Å². The second-order valence-electron chi connectivity index (χ2n) is 33.4. The molecule has 0 aliphatic heterocycles. The Morgan fingerprint density at radius 2 is 0.884 bits per heavy atom. The number of hydrogen-bond acceptors (Lipinski definition) is 14. The first-order chi connectivity index (χ1) is 51.9. The molecule has 17 nitrogen and oxygen atoms in total. The molecule has 3 heterocycles. The summed E-state index contributed by atoms with van der Waals surface area (Å²) in [6.07, 6.45) is 15.3. The van der Waals surface area contributed by atoms with Crippen LogP contribution >= 0.6 is 107 Å². The Kier molecular flexibility index (Phi) is 35.9. The molecule has 2 atom stereocenters. The number of nitrogens with zero attached hydrogens (tertiary/aromatic N) is 3. The number of H-pyrrole nitrogens is 3. The number of Topliss-reactive ketones (excluding diaryl/α,β-unsaturated/α-hetero) is 4. The van der Waals surface area contributed by atoms with E-state index < -0.39 is 5.97 Å². The second kappa shape index (κ2) is 42.1. The summed E-state index contributed by atoms with van der Waals surface area (Å²) in [5.41, 5.74) is 36.5. The topological polar surface area (TPSA) is 303 Å². The van der Waals surface area contributed by atoms with Gasteiger partial charge in [0.15, 0.2) is 17.3 Å². The van der Waals surface area contributed by atoms with Crippen LogP contribution < -0.4 is 57.3 Å². The maximum atomic E-state index is 12.0. The molecule has 0 saturated heterocycles. The predicted octanol–water partition coefficient (Wildman–Crippen LogP) is 22.0. The molecule has 6 aliphatic rings. The summed E-state index contributed by atoms with van der Waals surface area (Å²) in [4.78, 5) is 64.8. The summed E-state index contributed by atoms with van der Waals surface area (Å²) < 4.78 is 9.53. The second-order valence-corrected chi connectivity index (χ2v) is 39.0. The zero-order valence-corrected chi connectivity index (χ0v) is 79.1. The SMILES string of the molecule is CC(=O)[O-].CC1(C)CCC(=O)/C(=C/O)C1.CC1(C)CCC(=O)/C(=N/Nc2ccc(Br)cc2)C1.CC1(C)CCC(=O)CC1.CC1(C)CCC(=O)c2[nH]c3ccc(Br)cc3c21.CC1(C)CCC(N)c2[nH]c3ccc(Br)cc3c21.CC1(C)CCC(N)c2[nH]c3ccc(Br)cc3c21.ClN=Nc1ccc(Br)cc1.Nc1ccc(Br)cc1.[Na+]. The standard InChI is InChI=1S/C14H17BrN2O.2C14H17BrN2.C14H14BrNO.C9H14O2.C8H14O.C6H4BrClN2.C6H6BrN.C2H4O2.Na/c1-14(2)8-7-13(18)12(9-14)17-16-11-5-3-10(15)4-6-11;2*1-14(2)6-5-10(16)13-12(14)9-7-8(15)3-4-11(9)17-13;1-14(2)6-5-11(17)13-12(14)9-7-8(15)3-4-10(9)16-13;1-9(2)4-3-8(11)7(5-9)6-10;1-8(2)5-3-7(9)4-6-8;7-5-1-3-6(4-2-5)9-10-8;7-5-1-3-6(8)4-2-5;1-2(3)4;/h3-6,16H,7-9H2,1-2H3;2*3-4,7,10,17H,5-6,16H2,1-2H3;3-4,7,16H,5-6H2,1-2H3;6,10H,3-5H2,1-2H3;3-6H2,1-2H3;1-4H;1-4H,8H2;1H3,(H,3,4);/q;;;;;;;;;+1/p-1/b17-12+;;;;7-6+;;;;;. The number of carbonyl (C=O) groups excluding carboxylic acids is 5. The van der Waals surface area contributed by atoms with Crippen molar-refractivity contribution >= 4 is 192 Å². The third-order valence-corrected chi connectivity index (χ3v) is 24.1. The zero-order valence-electron chi connectivity index (χ0n) is 66.8. The number of rotatable bonds is 3. The summed E-state index contributed by atoms with van der Waals surface area (Å²) in [7, 11) is 0. The molecular formula is C87H106Br6ClN10NaO7. The number of carbonyl (C=O) groups is 5. The smallest absolute Gasteiger partial charge is 0.550 e. The first-order valence-corrected chi connectivity index (χ1v) is 42.5. The van der Waals surface area contributed by atoms with Gasteiger partial charge in [-0.05, 0) is 248 Å². The minimum atomic E-state index is -1.08. The summed E-state index contributed by atoms with van der Waals surface area (Å²) >= 11 is 25.6. The Morgan fingerprint density at radius 1 is 0.509 bits per heavy atom. The summed E-state index contributed by atoms with van der Waals surface area (Å²) in [5, 5.41) is 29.3. The van der Waals surface area contributed by atoms with Gasteiger partial charge in [-0.25, -0.2) is 0 Å². The van der Waals surface area contributed by atoms with Crippen LogP contribution in [0.25, 0.3) is 32.7 Å². The number of benzene rings is 6. The molecule has 6 aliphatic carbocycles. The van der Waals surface area contributed by atoms with E-state index in [1.165, 1.54) is 55.3 Å². The van der Waals surface area contributed by atoms with E-state index in [2.05, 4.69) is 256 Å². The number of fused-ring (bicyclic) bond motifs is 9. The van der Waals surface area contributed by atoms with Crippen molar-refractivity contribution in [2.24, 2.45) is 42.6 Å². The van der Waals surface area contributed by atoms with E-state index in [-0.39, 0.29) is 86.1 Å². The molecule has 0 radical (unpaired) electrons. The summed E-state index contributed by atoms with van der Waals surface area (Å²) in [6.45, 7) is 27.7. The molecule has 15 rings (SSSR count). The fourth-order valence-corrected chi connectivity index (χ4v) is 16.3. The third kappa shape index (κ3) is 28.2. The van der Waals surface area contributed by atoms with Gasteiger partial charge in [-0.15, -0.1) is 5.11 Å². The maximum absolute atomic E-state index is 12.0. The fraction of sp³-hybridized carbons (Fsp3) is 0.425. The molecule has 11 N–H and O–H groups in total. The largest absolute Gasteiger partial charge is 1.00 e. The normalized spacial score (nSPS) is 19.7. The number of aromatic amines is 3. The summed E-state index contributed by atoms with van der Waals surface area (Å²) in [5.74, 6) is -0.119. The molecule has 25 heteroatoms. The van der Waals surface area contributed by atoms with Gasteiger partial charge in [0, 0.05) is 139 Å². The number of halogens is 7. The van der Waals surface area contributed by atoms with Crippen molar-refractivity contribution in [2.45, 2.75) is 221 Å². The number of nitrogen functional groups attached to an aromatic ring is 1. The fourth-order valence-electron chi connectivity index (χ4n) is 14.4. The quantitative estimate of drug-likeness (QED) is 0.0205. The first kappa shape index (κ1) is 95.4. The van der Waals surface area contributed by atoms with Gasteiger partial charge in [0.1, 0.15) is 11.5 Å². The molecule has 3 fully saturated rings. The summed E-state index contributed by atoms with van der Waals surface area (Å²) in [6, 6.07) is 41.9. The van der Waals surface area contributed by atoms with Crippen molar-refractivity contribution in [3.05, 3.63) is 200 Å². The number of nitrogens with two attached hydrogens (primary N) is 3. The van der Waals surface area contributed by atoms with E-state index in [9.17, 15) is 19.2 Å². The van der Waals surface area contributed by atoms with Crippen LogP contribution in [0.1, 0.15) is 243 Å². The average Bonchev–Trinajstić information content (AvgIpc) is 1.60. The predicted molar refractivity (Wildman–Crippen MR) is 475 cm³/mol. The van der Waals surface area contributed by atoms with Crippen molar-refractivity contribution < 1.29 is 63.7 Å². The number of allylic oxidation sites excluding steroid dienone is 1. The number of aromatic nitrogens is 3. The van der Waals surface area contributed by atoms with Crippen molar-refractivity contribution in [1.29, 1.82) is 0 Å². The zero-order chi connectivity index (χ0) is 82.1. The number of aliphatic carboxylic acids is 1. The van der Waals surface area contributed by atoms with Crippen LogP contribution in [0.2, 0.25) is 0 Å². The molecule has 112 heavy (non-hydrogen) atoms. The van der Waals surface area contributed by atoms with E-state index in [1.54, 1.807) is 0 Å². The average molecular weight is 1940 g/mol. The number of nitrogens with one attached hydrogen (secondary N) is 4. The molecular weight excluding hydrogens is 1830 g/mol. The Balaban J connectivity index is 0.000000201. The Labute approximate surface area is 737 Å². The van der Waals surface area contributed by atoms with Crippen LogP contribution in [0.5, 0.6) is 0 Å². The van der Waals surface area contributed by atoms with Gasteiger partial charge in [0.05, 0.1) is 35.1 Å². The van der Waals surface area contributed by atoms with Crippen LogP contribution in [0.3, 0.4) is 0 Å². The van der Waals surface area contributed by atoms with E-state index in [1.807, 2.05) is 84.9 Å². The molecule has 3 saturated carbocycles. The van der Waals surface area contributed by atoms with Gasteiger partial charge >= 0.3 is 29.6 Å². The van der Waals surface area contributed by atoms with Gasteiger partial charge < -0.3 is 47.2 Å². The Hall–Kier alpha value is -5.41. The third-order valence-electron chi connectivity index (χ3n) is 20.9. The molecule has 2 unspecified atom stereocenters. The van der Waals surface area contributed by atoms with E-state index in [0.717, 1.165) is 145 Å². The van der Waals surface area contributed by atoms with Crippen molar-refractivity contribution in [3.8, 4) is 0 Å². The van der Waals surface area contributed by atoms with Gasteiger partial charge in [-0.1, -0.05) is 183 Å². The molecule has 3 aromatic heterocycles. The van der Waals surface area contributed by atoms with Gasteiger partial charge in [0.2, 0.25) is 0 Å². The van der Waals surface area contributed by atoms with Crippen molar-refractivity contribution in [3.63, 3.8) is 0 Å². The minimum Gasteiger partial charge on any atom is -0.550 e. The Bertz CT molecular complexity index is 4690. The first-order valence-electron chi connectivity index (χ1n) is 37.4. The molecule has 0 spiro atoms. The van der Waals surface area contributed by atoms with Crippen LogP contribution in [0.4, 0.5) is 17.1 Å². The van der Waals surface area contributed by atoms with Gasteiger partial charge in [-0.3, -0.25) is 24.6 Å². The molecule has 0 amide bonds. The Morgan fingerprint density at radius 3 is 1.30 bits per heavy atom. The van der Waals surface area contributed by atoms with Crippen LogP contribution in [-0.4, -0.2) is 54.9 Å².